The van der Waals surface area contributed by atoms with Gasteiger partial charge in [0, 0.05) is 26.7 Å². The molecule has 1 rings (SSSR count). The van der Waals surface area contributed by atoms with Crippen molar-refractivity contribution in [1.82, 2.24) is 0 Å². The number of esters is 2. The molecule has 178 valence electrons. The maximum absolute atomic E-state index is 11.9. The number of hydrogen-bond acceptors (Lipinski definition) is 9. The average molecular weight is 453 g/mol. The Morgan fingerprint density at radius 1 is 1.03 bits per heavy atom. The Morgan fingerprint density at radius 3 is 2.09 bits per heavy atom. The largest absolute Gasteiger partial charge is 0.508 e. The van der Waals surface area contributed by atoms with Gasteiger partial charge in [0.15, 0.2) is 11.5 Å². The van der Waals surface area contributed by atoms with E-state index in [1.165, 1.54) is 39.0 Å². The summed E-state index contributed by atoms with van der Waals surface area (Å²) in [6, 6.07) is 4.24. The van der Waals surface area contributed by atoms with Crippen LogP contribution in [0.15, 0.2) is 18.2 Å². The second-order valence-corrected chi connectivity index (χ2v) is 8.84. The summed E-state index contributed by atoms with van der Waals surface area (Å²) in [5.74, 6) is -2.62. The third-order valence-electron chi connectivity index (χ3n) is 4.03. The number of benzene rings is 1. The van der Waals surface area contributed by atoms with Crippen molar-refractivity contribution in [3.05, 3.63) is 23.8 Å². The summed E-state index contributed by atoms with van der Waals surface area (Å²) in [5, 5.41) is 9.72. The third-order valence-corrected chi connectivity index (χ3v) is 4.03. The number of carboxylic acid groups (broad SMARTS) is 1. The maximum atomic E-state index is 11.9. The first-order chi connectivity index (χ1) is 14.6. The molecule has 0 amide bonds. The van der Waals surface area contributed by atoms with Gasteiger partial charge in [0.1, 0.15) is 11.6 Å². The summed E-state index contributed by atoms with van der Waals surface area (Å²) in [6.07, 6.45) is -2.15. The van der Waals surface area contributed by atoms with Crippen LogP contribution in [0.4, 0.5) is 4.79 Å². The first-order valence-electron chi connectivity index (χ1n) is 9.97. The van der Waals surface area contributed by atoms with Crippen molar-refractivity contribution < 1.29 is 43.2 Å². The number of rotatable bonds is 9. The quantitative estimate of drug-likeness (QED) is 0.422. The molecule has 0 fully saturated rings. The first-order valence-corrected chi connectivity index (χ1v) is 9.97. The lowest BCUT2D eigenvalue weighted by Crippen LogP contribution is -2.52. The van der Waals surface area contributed by atoms with E-state index >= 15 is 0 Å². The minimum atomic E-state index is -1.81. The fraction of sp³-hybridized carbons (Fsp3) is 0.545. The Hall–Kier alpha value is -3.14. The van der Waals surface area contributed by atoms with Gasteiger partial charge in [-0.1, -0.05) is 26.8 Å². The van der Waals surface area contributed by atoms with Crippen LogP contribution in [-0.2, 0) is 30.3 Å². The molecule has 0 aliphatic heterocycles. The van der Waals surface area contributed by atoms with E-state index in [0.29, 0.717) is 5.56 Å². The molecule has 0 radical (unpaired) electrons. The molecule has 1 aromatic rings. The molecular formula is C22H31NO9. The van der Waals surface area contributed by atoms with E-state index in [1.54, 1.807) is 0 Å². The zero-order valence-corrected chi connectivity index (χ0v) is 19.2. The van der Waals surface area contributed by atoms with Gasteiger partial charge in [-0.3, -0.25) is 14.4 Å². The first kappa shape index (κ1) is 26.9. The Labute approximate surface area is 187 Å². The van der Waals surface area contributed by atoms with Gasteiger partial charge in [0.2, 0.25) is 0 Å². The molecule has 0 spiro atoms. The second kappa shape index (κ2) is 10.9. The summed E-state index contributed by atoms with van der Waals surface area (Å²) in [4.78, 5) is 46.4. The molecule has 0 heterocycles. The number of carbonyl (C=O) groups is 4. The molecule has 0 bridgehead atoms. The Morgan fingerprint density at radius 2 is 1.59 bits per heavy atom. The highest BCUT2D eigenvalue weighted by Gasteiger charge is 2.37. The van der Waals surface area contributed by atoms with Crippen LogP contribution in [0.5, 0.6) is 11.5 Å². The van der Waals surface area contributed by atoms with Crippen molar-refractivity contribution in [1.29, 1.82) is 0 Å². The zero-order chi connectivity index (χ0) is 24.7. The van der Waals surface area contributed by atoms with Crippen molar-refractivity contribution in [2.45, 2.75) is 66.0 Å². The van der Waals surface area contributed by atoms with E-state index in [4.69, 9.17) is 24.7 Å². The van der Waals surface area contributed by atoms with Gasteiger partial charge in [-0.15, -0.1) is 0 Å². The van der Waals surface area contributed by atoms with Crippen LogP contribution in [0.1, 0.15) is 53.5 Å². The molecule has 0 saturated carbocycles. The number of hydrogen-bond donors (Lipinski definition) is 2. The van der Waals surface area contributed by atoms with Crippen molar-refractivity contribution in [3.63, 3.8) is 0 Å². The van der Waals surface area contributed by atoms with Crippen LogP contribution < -0.4 is 15.2 Å². The molecule has 0 aliphatic carbocycles. The van der Waals surface area contributed by atoms with Gasteiger partial charge in [0.25, 0.3) is 0 Å². The van der Waals surface area contributed by atoms with Crippen LogP contribution in [0.25, 0.3) is 0 Å². The highest BCUT2D eigenvalue weighted by Crippen LogP contribution is 2.31. The van der Waals surface area contributed by atoms with Gasteiger partial charge < -0.3 is 29.8 Å². The number of carboxylic acids is 1. The fourth-order valence-corrected chi connectivity index (χ4v) is 2.76. The van der Waals surface area contributed by atoms with Crippen LogP contribution in [0.3, 0.4) is 0 Å². The van der Waals surface area contributed by atoms with Crippen molar-refractivity contribution in [3.8, 4) is 11.5 Å². The lowest BCUT2D eigenvalue weighted by Gasteiger charge is -2.28. The SMILES string of the molecule is CC(=O)Oc1ccc(CC(N)(C[C@H](C)OC(=O)OCC(C)(C)C)C(=O)O)cc1OC(C)=O. The molecule has 0 saturated heterocycles. The lowest BCUT2D eigenvalue weighted by molar-refractivity contribution is -0.144. The molecule has 2 atom stereocenters. The highest BCUT2D eigenvalue weighted by atomic mass is 16.7. The van der Waals surface area contributed by atoms with Crippen LogP contribution in [0.2, 0.25) is 0 Å². The van der Waals surface area contributed by atoms with Gasteiger partial charge in [-0.2, -0.15) is 0 Å². The van der Waals surface area contributed by atoms with E-state index < -0.39 is 35.7 Å². The summed E-state index contributed by atoms with van der Waals surface area (Å²) < 4.78 is 20.2. The van der Waals surface area contributed by atoms with Gasteiger partial charge >= 0.3 is 24.1 Å². The Kier molecular flexibility index (Phi) is 9.20. The number of carbonyl (C=O) groups excluding carboxylic acids is 3. The highest BCUT2D eigenvalue weighted by molar-refractivity contribution is 5.79. The van der Waals surface area contributed by atoms with E-state index in [0.717, 1.165) is 0 Å². The van der Waals surface area contributed by atoms with E-state index in [9.17, 15) is 24.3 Å². The fourth-order valence-electron chi connectivity index (χ4n) is 2.76. The standard InChI is InChI=1S/C22H31NO9/c1-13(30-20(28)29-12-21(4,5)6)10-22(23,19(26)27)11-16-7-8-17(31-14(2)24)18(9-16)32-15(3)25/h7-9,13H,10-12,23H2,1-6H3,(H,26,27)/t13-,22?/m0/s1. The van der Waals surface area contributed by atoms with Crippen LogP contribution in [0, 0.1) is 5.41 Å². The van der Waals surface area contributed by atoms with Crippen molar-refractivity contribution >= 4 is 24.1 Å². The average Bonchev–Trinajstić information content (AvgIpc) is 2.60. The lowest BCUT2D eigenvalue weighted by atomic mass is 9.86. The van der Waals surface area contributed by atoms with E-state index in [2.05, 4.69) is 0 Å². The molecule has 0 aliphatic rings. The van der Waals surface area contributed by atoms with Gasteiger partial charge in [-0.05, 0) is 30.0 Å². The number of aliphatic carboxylic acids is 1. The molecule has 10 heteroatoms. The number of nitrogens with two attached hydrogens (primary N) is 1. The molecular weight excluding hydrogens is 422 g/mol. The molecule has 0 aromatic heterocycles. The van der Waals surface area contributed by atoms with E-state index in [-0.39, 0.29) is 36.4 Å². The predicted molar refractivity (Wildman–Crippen MR) is 113 cm³/mol. The monoisotopic (exact) mass is 453 g/mol. The topological polar surface area (TPSA) is 151 Å². The van der Waals surface area contributed by atoms with Crippen LogP contribution in [-0.4, -0.2) is 47.4 Å². The molecule has 1 unspecified atom stereocenters. The zero-order valence-electron chi connectivity index (χ0n) is 19.2. The summed E-state index contributed by atoms with van der Waals surface area (Å²) in [5.41, 5.74) is 4.49. The summed E-state index contributed by atoms with van der Waals surface area (Å²) in [7, 11) is 0. The second-order valence-electron chi connectivity index (χ2n) is 8.84. The Bertz CT molecular complexity index is 859. The number of ether oxygens (including phenoxy) is 4. The van der Waals surface area contributed by atoms with Gasteiger partial charge in [0.05, 0.1) is 6.61 Å². The Balaban J connectivity index is 2.98. The van der Waals surface area contributed by atoms with Gasteiger partial charge in [-0.25, -0.2) is 4.79 Å². The van der Waals surface area contributed by atoms with Crippen LogP contribution >= 0.6 is 0 Å². The molecule has 32 heavy (non-hydrogen) atoms. The van der Waals surface area contributed by atoms with E-state index in [1.807, 2.05) is 20.8 Å². The third kappa shape index (κ3) is 9.34. The minimum Gasteiger partial charge on any atom is -0.480 e. The summed E-state index contributed by atoms with van der Waals surface area (Å²) in [6.45, 7) is 9.67. The van der Waals surface area contributed by atoms with Crippen molar-refractivity contribution in [2.75, 3.05) is 6.61 Å². The van der Waals surface area contributed by atoms with Crippen molar-refractivity contribution in [2.24, 2.45) is 11.1 Å². The predicted octanol–water partition coefficient (Wildman–Crippen LogP) is 2.84. The maximum Gasteiger partial charge on any atom is 0.508 e. The minimum absolute atomic E-state index is 0.00712. The molecule has 3 N–H and O–H groups in total. The smallest absolute Gasteiger partial charge is 0.480 e. The molecule has 10 nitrogen and oxygen atoms in total. The normalized spacial score (nSPS) is 14.0. The molecule has 1 aromatic carbocycles. The summed E-state index contributed by atoms with van der Waals surface area (Å²) >= 11 is 0.